The Morgan fingerprint density at radius 3 is 2.61 bits per heavy atom. The molecule has 168 valence electrons. The summed E-state index contributed by atoms with van der Waals surface area (Å²) in [6.07, 6.45) is -4.24. The van der Waals surface area contributed by atoms with Gasteiger partial charge >= 0.3 is 6.18 Å². The third-order valence-corrected chi connectivity index (χ3v) is 4.87. The van der Waals surface area contributed by atoms with E-state index in [2.05, 4.69) is 15.6 Å². The highest BCUT2D eigenvalue weighted by atomic mass is 32.1. The number of nitrogens with zero attached hydrogens (tertiary/aromatic N) is 2. The molecule has 0 aliphatic rings. The Balaban J connectivity index is 1.80. The minimum atomic E-state index is -4.24. The molecule has 0 atom stereocenters. The van der Waals surface area contributed by atoms with Gasteiger partial charge in [-0.25, -0.2) is 9.97 Å². The van der Waals surface area contributed by atoms with E-state index in [0.717, 1.165) is 16.2 Å². The highest BCUT2D eigenvalue weighted by molar-refractivity contribution is 7.14. The number of aromatic nitrogens is 2. The van der Waals surface area contributed by atoms with Gasteiger partial charge in [-0.1, -0.05) is 0 Å². The van der Waals surface area contributed by atoms with Crippen LogP contribution in [-0.4, -0.2) is 48.5 Å². The first kappa shape index (κ1) is 23.1. The Kier molecular flexibility index (Phi) is 7.55. The van der Waals surface area contributed by atoms with E-state index in [9.17, 15) is 13.2 Å². The number of hydrogen-bond acceptors (Lipinski definition) is 7. The number of fused-ring (bicyclic) bond motifs is 1. The van der Waals surface area contributed by atoms with Crippen molar-refractivity contribution in [1.29, 1.82) is 0 Å². The lowest BCUT2D eigenvalue weighted by Gasteiger charge is -2.12. The zero-order chi connectivity index (χ0) is 22.4. The summed E-state index contributed by atoms with van der Waals surface area (Å²) in [5, 5.41) is 9.15. The topological polar surface area (TPSA) is 68.3 Å². The van der Waals surface area contributed by atoms with Crippen LogP contribution in [0.1, 0.15) is 20.8 Å². The van der Waals surface area contributed by atoms with Crippen molar-refractivity contribution in [3.05, 3.63) is 29.6 Å². The van der Waals surface area contributed by atoms with E-state index < -0.39 is 12.7 Å². The van der Waals surface area contributed by atoms with Crippen LogP contribution in [0, 0.1) is 0 Å². The number of halogens is 3. The molecule has 0 aliphatic heterocycles. The van der Waals surface area contributed by atoms with Crippen molar-refractivity contribution in [2.24, 2.45) is 0 Å². The summed E-state index contributed by atoms with van der Waals surface area (Å²) < 4.78 is 48.0. The second-order valence-corrected chi connectivity index (χ2v) is 7.95. The lowest BCUT2D eigenvalue weighted by atomic mass is 10.1. The van der Waals surface area contributed by atoms with Crippen LogP contribution >= 0.6 is 11.3 Å². The highest BCUT2D eigenvalue weighted by Crippen LogP contribution is 2.33. The molecule has 3 aromatic rings. The fourth-order valence-corrected chi connectivity index (χ4v) is 3.70. The van der Waals surface area contributed by atoms with Gasteiger partial charge in [0.2, 0.25) is 0 Å². The molecule has 0 radical (unpaired) electrons. The molecule has 0 unspecified atom stereocenters. The van der Waals surface area contributed by atoms with Gasteiger partial charge in [0.25, 0.3) is 0 Å². The molecule has 2 heterocycles. The molecule has 0 fully saturated rings. The van der Waals surface area contributed by atoms with Crippen molar-refractivity contribution >= 4 is 27.4 Å². The average molecular weight is 455 g/mol. The zero-order valence-corrected chi connectivity index (χ0v) is 18.4. The maximum absolute atomic E-state index is 12.2. The van der Waals surface area contributed by atoms with E-state index in [-0.39, 0.29) is 19.2 Å². The monoisotopic (exact) mass is 454 g/mol. The number of ether oxygens (including phenoxy) is 2. The lowest BCUT2D eigenvalue weighted by molar-refractivity contribution is -0.124. The second-order valence-electron chi connectivity index (χ2n) is 7.09. The van der Waals surface area contributed by atoms with E-state index in [0.29, 0.717) is 29.3 Å². The maximum Gasteiger partial charge on any atom is 0.401 e. The number of rotatable bonds is 10. The van der Waals surface area contributed by atoms with E-state index >= 15 is 0 Å². The van der Waals surface area contributed by atoms with Gasteiger partial charge in [0, 0.05) is 35.5 Å². The zero-order valence-electron chi connectivity index (χ0n) is 17.5. The Hall–Kier alpha value is -2.59. The summed E-state index contributed by atoms with van der Waals surface area (Å²) in [7, 11) is 0. The summed E-state index contributed by atoms with van der Waals surface area (Å²) in [6, 6.07) is 7.48. The molecule has 6 nitrogen and oxygen atoms in total. The number of thiazole rings is 1. The molecule has 0 spiro atoms. The fraction of sp³-hybridized carbons (Fsp3) is 0.429. The third-order valence-electron chi connectivity index (χ3n) is 4.09. The van der Waals surface area contributed by atoms with Crippen molar-refractivity contribution in [2.75, 3.05) is 31.6 Å². The summed E-state index contributed by atoms with van der Waals surface area (Å²) in [5.41, 5.74) is 2.07. The summed E-state index contributed by atoms with van der Waals surface area (Å²) >= 11 is 1.50. The summed E-state index contributed by atoms with van der Waals surface area (Å²) in [5.74, 6) is 1.21. The molecular formula is C21H25F3N4O2S. The van der Waals surface area contributed by atoms with E-state index in [1.807, 2.05) is 38.3 Å². The Morgan fingerprint density at radius 2 is 1.90 bits per heavy atom. The maximum atomic E-state index is 12.2. The molecule has 0 amide bonds. The van der Waals surface area contributed by atoms with Crippen LogP contribution in [0.25, 0.3) is 22.3 Å². The summed E-state index contributed by atoms with van der Waals surface area (Å²) in [6.45, 7) is 5.64. The molecule has 0 saturated heterocycles. The number of anilines is 1. The van der Waals surface area contributed by atoms with Gasteiger partial charge in [0.15, 0.2) is 5.13 Å². The molecule has 10 heteroatoms. The molecule has 0 saturated carbocycles. The lowest BCUT2D eigenvalue weighted by Crippen LogP contribution is -2.31. The van der Waals surface area contributed by atoms with Crippen LogP contribution in [0.4, 0.5) is 18.3 Å². The van der Waals surface area contributed by atoms with Crippen molar-refractivity contribution < 1.29 is 22.6 Å². The van der Waals surface area contributed by atoms with Gasteiger partial charge in [0.1, 0.15) is 23.8 Å². The quantitative estimate of drug-likeness (QED) is 0.415. The minimum absolute atomic E-state index is 0.0830. The van der Waals surface area contributed by atoms with Gasteiger partial charge in [-0.05, 0) is 32.9 Å². The van der Waals surface area contributed by atoms with Crippen LogP contribution in [0.15, 0.2) is 29.6 Å². The Labute approximate surface area is 182 Å². The normalized spacial score (nSPS) is 11.8. The predicted octanol–water partition coefficient (Wildman–Crippen LogP) is 5.11. The van der Waals surface area contributed by atoms with E-state index in [1.54, 1.807) is 12.1 Å². The van der Waals surface area contributed by atoms with Crippen molar-refractivity contribution in [2.45, 2.75) is 33.0 Å². The first-order valence-corrected chi connectivity index (χ1v) is 10.8. The number of alkyl halides is 3. The van der Waals surface area contributed by atoms with Gasteiger partial charge in [-0.2, -0.15) is 13.2 Å². The van der Waals surface area contributed by atoms with Gasteiger partial charge in [-0.3, -0.25) is 0 Å². The smallest absolute Gasteiger partial charge is 0.401 e. The Bertz CT molecular complexity index is 1010. The van der Waals surface area contributed by atoms with Crippen molar-refractivity contribution in [3.63, 3.8) is 0 Å². The molecule has 3 rings (SSSR count). The van der Waals surface area contributed by atoms with Crippen molar-refractivity contribution in [1.82, 2.24) is 15.3 Å². The van der Waals surface area contributed by atoms with Crippen LogP contribution < -0.4 is 20.1 Å². The molecule has 2 N–H and O–H groups in total. The standard InChI is InChI=1S/C21H25F3N4O2S/c1-4-29-19-10-17(18-11-31-20(28-18)26-13(2)3)27-16-9-14(5-6-15(16)19)30-8-7-25-12-21(22,23)24/h5-6,9-11,13,25H,4,7-8,12H2,1-3H3,(H,26,28). The minimum Gasteiger partial charge on any atom is -0.493 e. The van der Waals surface area contributed by atoms with Crippen molar-refractivity contribution in [3.8, 4) is 22.9 Å². The molecule has 2 aromatic heterocycles. The van der Waals surface area contributed by atoms with Crippen LogP contribution in [0.5, 0.6) is 11.5 Å². The number of benzene rings is 1. The first-order valence-electron chi connectivity index (χ1n) is 9.95. The predicted molar refractivity (Wildman–Crippen MR) is 117 cm³/mol. The fourth-order valence-electron chi connectivity index (χ4n) is 2.85. The number of hydrogen-bond donors (Lipinski definition) is 2. The highest BCUT2D eigenvalue weighted by Gasteiger charge is 2.25. The number of pyridine rings is 1. The van der Waals surface area contributed by atoms with Crippen LogP contribution in [-0.2, 0) is 0 Å². The van der Waals surface area contributed by atoms with Crippen LogP contribution in [0.2, 0.25) is 0 Å². The van der Waals surface area contributed by atoms with E-state index in [1.165, 1.54) is 11.3 Å². The van der Waals surface area contributed by atoms with Gasteiger partial charge in [0.05, 0.1) is 24.4 Å². The van der Waals surface area contributed by atoms with Gasteiger partial charge in [-0.15, -0.1) is 11.3 Å². The van der Waals surface area contributed by atoms with Crippen LogP contribution in [0.3, 0.4) is 0 Å². The first-order chi connectivity index (χ1) is 14.7. The molecule has 1 aromatic carbocycles. The van der Waals surface area contributed by atoms with E-state index in [4.69, 9.17) is 14.5 Å². The largest absolute Gasteiger partial charge is 0.493 e. The average Bonchev–Trinajstić information content (AvgIpc) is 3.14. The molecule has 0 aliphatic carbocycles. The SMILES string of the molecule is CCOc1cc(-c2csc(NC(C)C)n2)nc2cc(OCCNCC(F)(F)F)ccc12. The number of nitrogens with one attached hydrogen (secondary N) is 2. The third kappa shape index (κ3) is 6.70. The summed E-state index contributed by atoms with van der Waals surface area (Å²) in [4.78, 5) is 9.31. The molecule has 0 bridgehead atoms. The van der Waals surface area contributed by atoms with Gasteiger partial charge < -0.3 is 20.1 Å². The molecular weight excluding hydrogens is 429 g/mol. The second kappa shape index (κ2) is 10.1. The molecule has 31 heavy (non-hydrogen) atoms. The Morgan fingerprint density at radius 1 is 1.10 bits per heavy atom.